The number of aromatic nitrogens is 4. The van der Waals surface area contributed by atoms with Gasteiger partial charge in [-0.3, -0.25) is 9.58 Å². The Hall–Kier alpha value is -2.17. The molecule has 0 saturated heterocycles. The van der Waals surface area contributed by atoms with Crippen LogP contribution in [0.15, 0.2) is 23.5 Å². The predicted octanol–water partition coefficient (Wildman–Crippen LogP) is 3.84. The van der Waals surface area contributed by atoms with Crippen molar-refractivity contribution in [2.75, 3.05) is 0 Å². The van der Waals surface area contributed by atoms with Gasteiger partial charge in [0, 0.05) is 36.4 Å². The first-order valence-electron chi connectivity index (χ1n) is 8.31. The van der Waals surface area contributed by atoms with Gasteiger partial charge in [-0.25, -0.2) is 8.88 Å². The zero-order chi connectivity index (χ0) is 19.8. The molecule has 1 amide bonds. The molecule has 27 heavy (non-hydrogen) atoms. The SMILES string of the molecule is CC(C)(C)OC(=O)N1Cc2cn(Sc3cnn(CCC(F)(F)F)c3)nc2C1. The van der Waals surface area contributed by atoms with Crippen LogP contribution in [0.5, 0.6) is 0 Å². The first kappa shape index (κ1) is 19.6. The number of carbonyl (C=O) groups excluding carboxylic acids is 1. The number of alkyl halides is 3. The van der Waals surface area contributed by atoms with E-state index in [1.807, 2.05) is 20.8 Å². The van der Waals surface area contributed by atoms with Crippen molar-refractivity contribution in [2.24, 2.45) is 0 Å². The Bertz CT molecular complexity index is 801. The summed E-state index contributed by atoms with van der Waals surface area (Å²) in [6.07, 6.45) is -0.656. The number of halogens is 3. The van der Waals surface area contributed by atoms with Crippen LogP contribution >= 0.6 is 11.9 Å². The molecule has 0 atom stereocenters. The Balaban J connectivity index is 1.56. The molecule has 0 aliphatic carbocycles. The average Bonchev–Trinajstić information content (AvgIpc) is 3.17. The van der Waals surface area contributed by atoms with E-state index in [2.05, 4.69) is 10.2 Å². The van der Waals surface area contributed by atoms with Gasteiger partial charge >= 0.3 is 12.3 Å². The molecule has 0 N–H and O–H groups in total. The summed E-state index contributed by atoms with van der Waals surface area (Å²) < 4.78 is 45.1. The smallest absolute Gasteiger partial charge is 0.410 e. The molecule has 2 aromatic rings. The molecule has 0 fully saturated rings. The molecule has 0 unspecified atom stereocenters. The Morgan fingerprint density at radius 2 is 2.00 bits per heavy atom. The number of carbonyl (C=O) groups is 1. The van der Waals surface area contributed by atoms with Gasteiger partial charge in [0.1, 0.15) is 5.60 Å². The van der Waals surface area contributed by atoms with E-state index in [9.17, 15) is 18.0 Å². The van der Waals surface area contributed by atoms with E-state index in [1.165, 1.54) is 22.8 Å². The second kappa shape index (κ2) is 7.10. The first-order chi connectivity index (χ1) is 12.5. The number of hydrogen-bond donors (Lipinski definition) is 0. The molecule has 148 valence electrons. The normalized spacial score (nSPS) is 14.5. The maximum absolute atomic E-state index is 12.3. The fraction of sp³-hybridized carbons (Fsp3) is 0.562. The summed E-state index contributed by atoms with van der Waals surface area (Å²) in [5.41, 5.74) is 1.13. The lowest BCUT2D eigenvalue weighted by Crippen LogP contribution is -2.33. The van der Waals surface area contributed by atoms with Gasteiger partial charge in [0.15, 0.2) is 0 Å². The number of fused-ring (bicyclic) bond motifs is 1. The van der Waals surface area contributed by atoms with Crippen LogP contribution in [0, 0.1) is 0 Å². The molecule has 3 heterocycles. The Labute approximate surface area is 158 Å². The molecule has 0 radical (unpaired) electrons. The van der Waals surface area contributed by atoms with Crippen LogP contribution < -0.4 is 0 Å². The molecule has 7 nitrogen and oxygen atoms in total. The van der Waals surface area contributed by atoms with E-state index >= 15 is 0 Å². The first-order valence-corrected chi connectivity index (χ1v) is 9.09. The summed E-state index contributed by atoms with van der Waals surface area (Å²) in [6.45, 7) is 5.99. The highest BCUT2D eigenvalue weighted by molar-refractivity contribution is 7.97. The van der Waals surface area contributed by atoms with Gasteiger partial charge in [0.05, 0.1) is 36.3 Å². The molecule has 11 heteroatoms. The maximum atomic E-state index is 12.3. The number of amides is 1. The Morgan fingerprint density at radius 3 is 2.63 bits per heavy atom. The van der Waals surface area contributed by atoms with Crippen LogP contribution in [0.2, 0.25) is 0 Å². The van der Waals surface area contributed by atoms with Crippen LogP contribution in [0.25, 0.3) is 0 Å². The maximum Gasteiger partial charge on any atom is 0.410 e. The summed E-state index contributed by atoms with van der Waals surface area (Å²) in [7, 11) is 0. The Kier molecular flexibility index (Phi) is 5.15. The van der Waals surface area contributed by atoms with Crippen molar-refractivity contribution in [3.05, 3.63) is 29.8 Å². The molecular weight excluding hydrogens is 383 g/mol. The zero-order valence-corrected chi connectivity index (χ0v) is 16.0. The fourth-order valence-corrected chi connectivity index (χ4v) is 3.29. The van der Waals surface area contributed by atoms with E-state index in [0.29, 0.717) is 18.0 Å². The van der Waals surface area contributed by atoms with Crippen molar-refractivity contribution >= 4 is 18.0 Å². The summed E-state index contributed by atoms with van der Waals surface area (Å²) >= 11 is 1.25. The number of nitrogens with zero attached hydrogens (tertiary/aromatic N) is 5. The third-order valence-electron chi connectivity index (χ3n) is 3.64. The standard InChI is InChI=1S/C16H20F3N5O2S/c1-15(2,3)26-14(25)22-7-11-8-24(21-13(11)10-22)27-12-6-20-23(9-12)5-4-16(17,18)19/h6,8-9H,4-5,7,10H2,1-3H3. The van der Waals surface area contributed by atoms with Crippen LogP contribution in [0.3, 0.4) is 0 Å². The van der Waals surface area contributed by atoms with E-state index in [4.69, 9.17) is 4.74 Å². The minimum absolute atomic E-state index is 0.218. The Morgan fingerprint density at radius 1 is 1.26 bits per heavy atom. The second-order valence-corrected chi connectivity index (χ2v) is 8.26. The third kappa shape index (κ3) is 5.41. The number of rotatable bonds is 4. The number of ether oxygens (including phenoxy) is 1. The predicted molar refractivity (Wildman–Crippen MR) is 91.9 cm³/mol. The van der Waals surface area contributed by atoms with E-state index in [-0.39, 0.29) is 12.6 Å². The second-order valence-electron chi connectivity index (χ2n) is 7.24. The van der Waals surface area contributed by atoms with Gasteiger partial charge in [-0.2, -0.15) is 23.4 Å². The van der Waals surface area contributed by atoms with Crippen molar-refractivity contribution in [1.29, 1.82) is 0 Å². The third-order valence-corrected chi connectivity index (χ3v) is 4.44. The van der Waals surface area contributed by atoms with Crippen molar-refractivity contribution in [1.82, 2.24) is 23.9 Å². The van der Waals surface area contributed by atoms with Gasteiger partial charge in [-0.15, -0.1) is 0 Å². The molecule has 0 spiro atoms. The molecule has 0 saturated carbocycles. The highest BCUT2D eigenvalue weighted by Gasteiger charge is 2.30. The van der Waals surface area contributed by atoms with Gasteiger partial charge in [-0.05, 0) is 20.8 Å². The van der Waals surface area contributed by atoms with Gasteiger partial charge in [0.25, 0.3) is 0 Å². The lowest BCUT2D eigenvalue weighted by Gasteiger charge is -2.24. The average molecular weight is 403 g/mol. The van der Waals surface area contributed by atoms with Crippen LogP contribution in [-0.2, 0) is 24.4 Å². The number of hydrogen-bond acceptors (Lipinski definition) is 5. The fourth-order valence-electron chi connectivity index (χ4n) is 2.49. The van der Waals surface area contributed by atoms with Gasteiger partial charge in [-0.1, -0.05) is 0 Å². The van der Waals surface area contributed by atoms with E-state index in [1.54, 1.807) is 21.4 Å². The minimum Gasteiger partial charge on any atom is -0.444 e. The molecule has 2 aromatic heterocycles. The van der Waals surface area contributed by atoms with Crippen molar-refractivity contribution < 1.29 is 22.7 Å². The summed E-state index contributed by atoms with van der Waals surface area (Å²) in [6, 6.07) is 0. The molecule has 1 aliphatic rings. The van der Waals surface area contributed by atoms with Crippen molar-refractivity contribution in [3.8, 4) is 0 Å². The van der Waals surface area contributed by atoms with Crippen molar-refractivity contribution in [2.45, 2.75) is 63.5 Å². The largest absolute Gasteiger partial charge is 0.444 e. The highest BCUT2D eigenvalue weighted by atomic mass is 32.2. The van der Waals surface area contributed by atoms with Gasteiger partial charge < -0.3 is 4.74 Å². The highest BCUT2D eigenvalue weighted by Crippen LogP contribution is 2.27. The lowest BCUT2D eigenvalue weighted by molar-refractivity contribution is -0.137. The zero-order valence-electron chi connectivity index (χ0n) is 15.2. The molecule has 3 rings (SSSR count). The molecule has 1 aliphatic heterocycles. The van der Waals surface area contributed by atoms with E-state index < -0.39 is 18.2 Å². The quantitative estimate of drug-likeness (QED) is 0.776. The topological polar surface area (TPSA) is 65.2 Å². The number of aryl methyl sites for hydroxylation is 1. The molecular formula is C16H20F3N5O2S. The lowest BCUT2D eigenvalue weighted by atomic mass is 10.2. The molecule has 0 aromatic carbocycles. The van der Waals surface area contributed by atoms with Crippen LogP contribution in [-0.4, -0.2) is 41.7 Å². The van der Waals surface area contributed by atoms with Crippen LogP contribution in [0.4, 0.5) is 18.0 Å². The van der Waals surface area contributed by atoms with E-state index in [0.717, 1.165) is 11.3 Å². The monoisotopic (exact) mass is 403 g/mol. The van der Waals surface area contributed by atoms with Gasteiger partial charge in [0.2, 0.25) is 0 Å². The van der Waals surface area contributed by atoms with Crippen molar-refractivity contribution in [3.63, 3.8) is 0 Å². The minimum atomic E-state index is -4.21. The summed E-state index contributed by atoms with van der Waals surface area (Å²) in [5, 5.41) is 8.36. The molecule has 0 bridgehead atoms. The van der Waals surface area contributed by atoms with Crippen LogP contribution in [0.1, 0.15) is 38.4 Å². The summed E-state index contributed by atoms with van der Waals surface area (Å²) in [5.74, 6) is 0. The summed E-state index contributed by atoms with van der Waals surface area (Å²) in [4.78, 5) is 14.4.